The number of carbonyl (C=O) groups excluding carboxylic acids is 4. The van der Waals surface area contributed by atoms with Crippen LogP contribution in [-0.2, 0) is 25.6 Å². The fourth-order valence-electron chi connectivity index (χ4n) is 4.39. The summed E-state index contributed by atoms with van der Waals surface area (Å²) in [6, 6.07) is 5.33. The van der Waals surface area contributed by atoms with Gasteiger partial charge in [-0.15, -0.1) is 0 Å². The highest BCUT2D eigenvalue weighted by atomic mass is 16.3. The van der Waals surface area contributed by atoms with Crippen molar-refractivity contribution >= 4 is 34.5 Å². The lowest BCUT2D eigenvalue weighted by atomic mass is 10.0. The van der Waals surface area contributed by atoms with Gasteiger partial charge in [0.25, 0.3) is 0 Å². The highest BCUT2D eigenvalue weighted by Crippen LogP contribution is 2.19. The summed E-state index contributed by atoms with van der Waals surface area (Å²) in [5.74, 6) is -2.48. The van der Waals surface area contributed by atoms with E-state index in [9.17, 15) is 24.3 Å². The molecule has 1 aromatic heterocycles. The topological polar surface area (TPSA) is 206 Å². The van der Waals surface area contributed by atoms with Crippen molar-refractivity contribution in [1.82, 2.24) is 41.8 Å². The second kappa shape index (κ2) is 16.5. The van der Waals surface area contributed by atoms with Crippen molar-refractivity contribution in [2.24, 2.45) is 5.73 Å². The van der Waals surface area contributed by atoms with E-state index in [0.717, 1.165) is 42.6 Å². The fourth-order valence-corrected chi connectivity index (χ4v) is 4.39. The SMILES string of the molecule is NC(=O)[C@H](Cc1c[nH]c2ccccc12)NC(=O)CNC(=O)[C@@H](CO)NC(=O)CN1CCNCCNCCNCC1. The summed E-state index contributed by atoms with van der Waals surface area (Å²) in [6.07, 6.45) is 1.93. The number of nitrogens with two attached hydrogens (primary N) is 1. The number of aromatic amines is 1. The van der Waals surface area contributed by atoms with E-state index in [4.69, 9.17) is 5.73 Å². The van der Waals surface area contributed by atoms with Gasteiger partial charge in [-0.2, -0.15) is 0 Å². The summed E-state index contributed by atoms with van der Waals surface area (Å²) in [7, 11) is 0. The number of amides is 4. The van der Waals surface area contributed by atoms with E-state index < -0.39 is 48.9 Å². The van der Waals surface area contributed by atoms with Crippen LogP contribution >= 0.6 is 0 Å². The average Bonchev–Trinajstić information content (AvgIpc) is 3.34. The normalized spacial score (nSPS) is 17.1. The minimum Gasteiger partial charge on any atom is -0.394 e. The van der Waals surface area contributed by atoms with E-state index in [-0.39, 0.29) is 13.0 Å². The number of aliphatic hydroxyl groups excluding tert-OH is 1. The summed E-state index contributed by atoms with van der Waals surface area (Å²) in [5, 5.41) is 28.0. The first-order valence-electron chi connectivity index (χ1n) is 13.5. The molecule has 0 spiro atoms. The molecule has 3 rings (SSSR count). The third kappa shape index (κ3) is 10.2. The Morgan fingerprint density at radius 2 is 1.52 bits per heavy atom. The molecule has 1 fully saturated rings. The van der Waals surface area contributed by atoms with Crippen LogP contribution in [0.3, 0.4) is 0 Å². The molecular weight excluding hydrogens is 518 g/mol. The van der Waals surface area contributed by atoms with E-state index >= 15 is 0 Å². The molecular formula is C26H41N9O5. The molecule has 0 aliphatic carbocycles. The van der Waals surface area contributed by atoms with Gasteiger partial charge in [0.05, 0.1) is 19.7 Å². The maximum absolute atomic E-state index is 12.6. The number of primary amides is 1. The standard InChI is InChI=1S/C26H41N9O5/c27-25(39)21(13-18-14-31-20-4-2-1-3-19(18)20)33-23(37)15-32-26(40)22(17-36)34-24(38)16-35-11-9-29-7-5-28-6-8-30-10-12-35/h1-4,14,21-22,28-31,36H,5-13,15-17H2,(H2,27,39)(H,32,40)(H,33,37)(H,34,38)/t21-,22+/m0/s1. The van der Waals surface area contributed by atoms with Crippen LogP contribution in [0.2, 0.25) is 0 Å². The maximum atomic E-state index is 12.6. The number of aromatic nitrogens is 1. The zero-order valence-electron chi connectivity index (χ0n) is 22.6. The first kappa shape index (κ1) is 31.0. The van der Waals surface area contributed by atoms with Gasteiger partial charge in [-0.1, -0.05) is 18.2 Å². The number of H-pyrrole nitrogens is 1. The number of nitrogens with one attached hydrogen (secondary N) is 7. The summed E-state index contributed by atoms with van der Waals surface area (Å²) >= 11 is 0. The van der Waals surface area contributed by atoms with Crippen molar-refractivity contribution in [2.75, 3.05) is 72.1 Å². The fraction of sp³-hybridized carbons (Fsp3) is 0.538. The zero-order chi connectivity index (χ0) is 28.7. The van der Waals surface area contributed by atoms with Crippen molar-refractivity contribution in [3.8, 4) is 0 Å². The second-order valence-corrected chi connectivity index (χ2v) is 9.63. The number of aliphatic hydroxyl groups is 1. The van der Waals surface area contributed by atoms with Crippen molar-refractivity contribution < 1.29 is 24.3 Å². The predicted molar refractivity (Wildman–Crippen MR) is 150 cm³/mol. The van der Waals surface area contributed by atoms with Crippen LogP contribution in [0.5, 0.6) is 0 Å². The summed E-state index contributed by atoms with van der Waals surface area (Å²) in [4.78, 5) is 54.8. The Morgan fingerprint density at radius 1 is 0.900 bits per heavy atom. The van der Waals surface area contributed by atoms with Gasteiger partial charge in [0.1, 0.15) is 12.1 Å². The van der Waals surface area contributed by atoms with Crippen molar-refractivity contribution in [1.29, 1.82) is 0 Å². The molecule has 2 atom stereocenters. The lowest BCUT2D eigenvalue weighted by molar-refractivity contribution is -0.132. The van der Waals surface area contributed by atoms with Gasteiger partial charge < -0.3 is 47.7 Å². The van der Waals surface area contributed by atoms with E-state index in [0.29, 0.717) is 26.2 Å². The van der Waals surface area contributed by atoms with Gasteiger partial charge in [-0.05, 0) is 11.6 Å². The minimum atomic E-state index is -1.23. The Hall–Kier alpha value is -3.56. The quantitative estimate of drug-likeness (QED) is 0.133. The number of nitrogens with zero attached hydrogens (tertiary/aromatic N) is 1. The number of benzene rings is 1. The smallest absolute Gasteiger partial charge is 0.245 e. The van der Waals surface area contributed by atoms with Crippen molar-refractivity contribution in [2.45, 2.75) is 18.5 Å². The predicted octanol–water partition coefficient (Wildman–Crippen LogP) is -3.64. The average molecular weight is 560 g/mol. The number of hydrogen-bond donors (Lipinski definition) is 9. The number of hydrogen-bond acceptors (Lipinski definition) is 9. The van der Waals surface area contributed by atoms with Gasteiger partial charge in [0.15, 0.2) is 0 Å². The molecule has 1 aliphatic rings. The lowest BCUT2D eigenvalue weighted by Crippen LogP contribution is -2.54. The van der Waals surface area contributed by atoms with Gasteiger partial charge in [-0.25, -0.2) is 0 Å². The van der Waals surface area contributed by atoms with E-state index in [2.05, 4.69) is 36.9 Å². The highest BCUT2D eigenvalue weighted by molar-refractivity contribution is 5.93. The molecule has 4 amide bonds. The van der Waals surface area contributed by atoms with Crippen molar-refractivity contribution in [3.05, 3.63) is 36.0 Å². The third-order valence-electron chi connectivity index (χ3n) is 6.57. The van der Waals surface area contributed by atoms with E-state index in [1.165, 1.54) is 0 Å². The second-order valence-electron chi connectivity index (χ2n) is 9.63. The Balaban J connectivity index is 1.45. The molecule has 2 aromatic rings. The number of fused-ring (bicyclic) bond motifs is 1. The first-order valence-corrected chi connectivity index (χ1v) is 13.5. The van der Waals surface area contributed by atoms with Crippen LogP contribution in [-0.4, -0.2) is 123 Å². The number of rotatable bonds is 11. The maximum Gasteiger partial charge on any atom is 0.245 e. The van der Waals surface area contributed by atoms with Gasteiger partial charge in [-0.3, -0.25) is 24.1 Å². The first-order chi connectivity index (χ1) is 19.4. The van der Waals surface area contributed by atoms with Crippen LogP contribution in [0.1, 0.15) is 5.56 Å². The third-order valence-corrected chi connectivity index (χ3v) is 6.57. The minimum absolute atomic E-state index is 0.0556. The largest absolute Gasteiger partial charge is 0.394 e. The number of carbonyl (C=O) groups is 4. The Bertz CT molecular complexity index is 1110. The van der Waals surface area contributed by atoms with Gasteiger partial charge >= 0.3 is 0 Å². The molecule has 10 N–H and O–H groups in total. The Morgan fingerprint density at radius 3 is 2.17 bits per heavy atom. The molecule has 2 heterocycles. The molecule has 1 saturated heterocycles. The van der Waals surface area contributed by atoms with Crippen LogP contribution in [0.4, 0.5) is 0 Å². The van der Waals surface area contributed by atoms with E-state index in [1.54, 1.807) is 6.20 Å². The van der Waals surface area contributed by atoms with Gasteiger partial charge in [0.2, 0.25) is 23.6 Å². The molecule has 0 radical (unpaired) electrons. The molecule has 14 heteroatoms. The zero-order valence-corrected chi connectivity index (χ0v) is 22.6. The monoisotopic (exact) mass is 559 g/mol. The molecule has 14 nitrogen and oxygen atoms in total. The molecule has 220 valence electrons. The Kier molecular flexibility index (Phi) is 12.8. The summed E-state index contributed by atoms with van der Waals surface area (Å²) in [6.45, 7) is 5.03. The molecule has 1 aliphatic heterocycles. The van der Waals surface area contributed by atoms with E-state index in [1.807, 2.05) is 29.2 Å². The van der Waals surface area contributed by atoms with Crippen LogP contribution in [0.25, 0.3) is 10.9 Å². The molecule has 0 bridgehead atoms. The molecule has 40 heavy (non-hydrogen) atoms. The Labute approximate surface area is 233 Å². The molecule has 1 aromatic carbocycles. The van der Waals surface area contributed by atoms with Crippen LogP contribution in [0, 0.1) is 0 Å². The highest BCUT2D eigenvalue weighted by Gasteiger charge is 2.24. The molecule has 0 saturated carbocycles. The number of para-hydroxylation sites is 1. The van der Waals surface area contributed by atoms with Crippen LogP contribution < -0.4 is 37.6 Å². The summed E-state index contributed by atoms with van der Waals surface area (Å²) in [5.41, 5.74) is 7.21. The van der Waals surface area contributed by atoms with Crippen LogP contribution in [0.15, 0.2) is 30.5 Å². The summed E-state index contributed by atoms with van der Waals surface area (Å²) < 4.78 is 0. The van der Waals surface area contributed by atoms with Gasteiger partial charge in [0, 0.05) is 75.9 Å². The van der Waals surface area contributed by atoms with Crippen molar-refractivity contribution in [3.63, 3.8) is 0 Å². The molecule has 0 unspecified atom stereocenters. The lowest BCUT2D eigenvalue weighted by Gasteiger charge is -2.24.